The second-order valence-electron chi connectivity index (χ2n) is 4.97. The van der Waals surface area contributed by atoms with Crippen molar-refractivity contribution < 1.29 is 9.15 Å². The number of hydrogen-bond acceptors (Lipinski definition) is 3. The summed E-state index contributed by atoms with van der Waals surface area (Å²) in [7, 11) is 1.67. The zero-order valence-electron chi connectivity index (χ0n) is 12.8. The van der Waals surface area contributed by atoms with E-state index in [1.807, 2.05) is 24.3 Å². The largest absolute Gasteiger partial charge is 0.496 e. The third kappa shape index (κ3) is 3.89. The molecule has 2 aromatic rings. The summed E-state index contributed by atoms with van der Waals surface area (Å²) in [6.45, 7) is 5.33. The van der Waals surface area contributed by atoms with Gasteiger partial charge in [0.1, 0.15) is 17.3 Å². The molecule has 0 radical (unpaired) electrons. The van der Waals surface area contributed by atoms with Gasteiger partial charge in [-0.05, 0) is 65.6 Å². The zero-order valence-corrected chi connectivity index (χ0v) is 14.4. The van der Waals surface area contributed by atoms with E-state index in [-0.39, 0.29) is 6.04 Å². The minimum Gasteiger partial charge on any atom is -0.496 e. The Morgan fingerprint density at radius 3 is 2.71 bits per heavy atom. The van der Waals surface area contributed by atoms with E-state index >= 15 is 0 Å². The second-order valence-corrected chi connectivity index (χ2v) is 5.82. The van der Waals surface area contributed by atoms with Crippen molar-refractivity contribution in [3.63, 3.8) is 0 Å². The molecule has 0 saturated heterocycles. The van der Waals surface area contributed by atoms with Gasteiger partial charge in [0, 0.05) is 5.56 Å². The zero-order chi connectivity index (χ0) is 15.2. The Kier molecular flexibility index (Phi) is 5.88. The molecule has 1 heterocycles. The number of ether oxygens (including phenoxy) is 1. The van der Waals surface area contributed by atoms with Crippen LogP contribution in [-0.2, 0) is 0 Å². The van der Waals surface area contributed by atoms with E-state index in [1.54, 1.807) is 7.11 Å². The molecule has 0 spiro atoms. The van der Waals surface area contributed by atoms with Gasteiger partial charge in [-0.15, -0.1) is 0 Å². The topological polar surface area (TPSA) is 34.4 Å². The molecule has 0 bridgehead atoms. The van der Waals surface area contributed by atoms with Crippen LogP contribution in [0.15, 0.2) is 39.2 Å². The van der Waals surface area contributed by atoms with Gasteiger partial charge in [0.15, 0.2) is 0 Å². The molecule has 1 unspecified atom stereocenters. The van der Waals surface area contributed by atoms with Gasteiger partial charge >= 0.3 is 0 Å². The number of nitrogens with one attached hydrogen (secondary N) is 1. The standard InChI is InChI=1S/C17H22BrNO2/c1-4-10-19-14(5-2)16-9-8-15(21-16)12-6-7-13(18)17(11-12)20-3/h6-9,11,14,19H,4-5,10H2,1-3H3. The Morgan fingerprint density at radius 2 is 2.05 bits per heavy atom. The molecule has 1 atom stereocenters. The maximum atomic E-state index is 6.03. The molecule has 0 amide bonds. The molecule has 2 rings (SSSR count). The predicted octanol–water partition coefficient (Wildman–Crippen LogP) is 5.17. The highest BCUT2D eigenvalue weighted by Crippen LogP contribution is 2.32. The van der Waals surface area contributed by atoms with Crippen LogP contribution in [0.2, 0.25) is 0 Å². The second kappa shape index (κ2) is 7.66. The number of hydrogen-bond donors (Lipinski definition) is 1. The number of methoxy groups -OCH3 is 1. The first-order valence-corrected chi connectivity index (χ1v) is 8.15. The predicted molar refractivity (Wildman–Crippen MR) is 89.7 cm³/mol. The SMILES string of the molecule is CCCNC(CC)c1ccc(-c2ccc(Br)c(OC)c2)o1. The van der Waals surface area contributed by atoms with E-state index in [0.717, 1.165) is 46.7 Å². The van der Waals surface area contributed by atoms with Crippen molar-refractivity contribution >= 4 is 15.9 Å². The Labute approximate surface area is 134 Å². The van der Waals surface area contributed by atoms with E-state index in [9.17, 15) is 0 Å². The number of benzene rings is 1. The fourth-order valence-electron chi connectivity index (χ4n) is 2.27. The number of rotatable bonds is 7. The van der Waals surface area contributed by atoms with Crippen LogP contribution in [0.25, 0.3) is 11.3 Å². The van der Waals surface area contributed by atoms with Gasteiger partial charge < -0.3 is 14.5 Å². The lowest BCUT2D eigenvalue weighted by molar-refractivity contribution is 0.407. The van der Waals surface area contributed by atoms with Crippen LogP contribution in [0.5, 0.6) is 5.75 Å². The molecule has 0 fully saturated rings. The fourth-order valence-corrected chi connectivity index (χ4v) is 2.68. The van der Waals surface area contributed by atoms with Gasteiger partial charge in [0.25, 0.3) is 0 Å². The summed E-state index contributed by atoms with van der Waals surface area (Å²) in [5, 5.41) is 3.51. The lowest BCUT2D eigenvalue weighted by Gasteiger charge is -2.13. The summed E-state index contributed by atoms with van der Waals surface area (Å²) in [6, 6.07) is 10.3. The molecule has 4 heteroatoms. The molecule has 114 valence electrons. The van der Waals surface area contributed by atoms with E-state index in [4.69, 9.17) is 9.15 Å². The Morgan fingerprint density at radius 1 is 1.24 bits per heavy atom. The Balaban J connectivity index is 2.22. The van der Waals surface area contributed by atoms with E-state index < -0.39 is 0 Å². The molecule has 0 aliphatic heterocycles. The summed E-state index contributed by atoms with van der Waals surface area (Å²) in [4.78, 5) is 0. The molecule has 0 aliphatic carbocycles. The maximum absolute atomic E-state index is 6.03. The average molecular weight is 352 g/mol. The van der Waals surface area contributed by atoms with Gasteiger partial charge in [-0.1, -0.05) is 13.8 Å². The summed E-state index contributed by atoms with van der Waals surface area (Å²) in [6.07, 6.45) is 2.13. The summed E-state index contributed by atoms with van der Waals surface area (Å²) >= 11 is 3.47. The molecule has 1 aromatic heterocycles. The van der Waals surface area contributed by atoms with Crippen LogP contribution in [-0.4, -0.2) is 13.7 Å². The molecule has 1 aromatic carbocycles. The van der Waals surface area contributed by atoms with Crippen molar-refractivity contribution in [3.05, 3.63) is 40.6 Å². The fraction of sp³-hybridized carbons (Fsp3) is 0.412. The molecular weight excluding hydrogens is 330 g/mol. The van der Waals surface area contributed by atoms with Crippen molar-refractivity contribution in [2.75, 3.05) is 13.7 Å². The van der Waals surface area contributed by atoms with Crippen LogP contribution in [0.1, 0.15) is 38.5 Å². The highest BCUT2D eigenvalue weighted by Gasteiger charge is 2.14. The van der Waals surface area contributed by atoms with E-state index in [1.165, 1.54) is 0 Å². The summed E-state index contributed by atoms with van der Waals surface area (Å²) < 4.78 is 12.3. The maximum Gasteiger partial charge on any atom is 0.134 e. The smallest absolute Gasteiger partial charge is 0.134 e. The molecular formula is C17H22BrNO2. The van der Waals surface area contributed by atoms with Crippen LogP contribution < -0.4 is 10.1 Å². The van der Waals surface area contributed by atoms with Gasteiger partial charge in [-0.3, -0.25) is 0 Å². The number of furan rings is 1. The van der Waals surface area contributed by atoms with Crippen LogP contribution >= 0.6 is 15.9 Å². The highest BCUT2D eigenvalue weighted by molar-refractivity contribution is 9.10. The van der Waals surface area contributed by atoms with Crippen molar-refractivity contribution in [2.24, 2.45) is 0 Å². The molecule has 21 heavy (non-hydrogen) atoms. The van der Waals surface area contributed by atoms with Crippen LogP contribution in [0.4, 0.5) is 0 Å². The average Bonchev–Trinajstić information content (AvgIpc) is 2.98. The van der Waals surface area contributed by atoms with E-state index in [2.05, 4.69) is 41.2 Å². The molecule has 3 nitrogen and oxygen atoms in total. The highest BCUT2D eigenvalue weighted by atomic mass is 79.9. The quantitative estimate of drug-likeness (QED) is 0.747. The Bertz CT molecular complexity index is 580. The number of halogens is 1. The first-order valence-electron chi connectivity index (χ1n) is 7.36. The van der Waals surface area contributed by atoms with Crippen molar-refractivity contribution in [1.82, 2.24) is 5.32 Å². The Hall–Kier alpha value is -1.26. The summed E-state index contributed by atoms with van der Waals surface area (Å²) in [5.41, 5.74) is 1.02. The monoisotopic (exact) mass is 351 g/mol. The van der Waals surface area contributed by atoms with Crippen molar-refractivity contribution in [3.8, 4) is 17.1 Å². The third-order valence-electron chi connectivity index (χ3n) is 3.45. The minimum absolute atomic E-state index is 0.274. The first kappa shape index (κ1) is 16.1. The van der Waals surface area contributed by atoms with Gasteiger partial charge in [0.05, 0.1) is 17.6 Å². The third-order valence-corrected chi connectivity index (χ3v) is 4.11. The summed E-state index contributed by atoms with van der Waals surface area (Å²) in [5.74, 6) is 2.66. The lowest BCUT2D eigenvalue weighted by Crippen LogP contribution is -2.20. The van der Waals surface area contributed by atoms with Gasteiger partial charge in [-0.25, -0.2) is 0 Å². The van der Waals surface area contributed by atoms with Crippen molar-refractivity contribution in [2.45, 2.75) is 32.7 Å². The van der Waals surface area contributed by atoms with E-state index in [0.29, 0.717) is 0 Å². The first-order chi connectivity index (χ1) is 10.2. The molecule has 0 aliphatic rings. The van der Waals surface area contributed by atoms with Gasteiger partial charge in [0.2, 0.25) is 0 Å². The normalized spacial score (nSPS) is 12.4. The minimum atomic E-state index is 0.274. The molecule has 0 saturated carbocycles. The van der Waals surface area contributed by atoms with Crippen molar-refractivity contribution in [1.29, 1.82) is 0 Å². The lowest BCUT2D eigenvalue weighted by atomic mass is 10.1. The van der Waals surface area contributed by atoms with Crippen LogP contribution in [0.3, 0.4) is 0 Å². The van der Waals surface area contributed by atoms with Crippen LogP contribution in [0, 0.1) is 0 Å². The van der Waals surface area contributed by atoms with Gasteiger partial charge in [-0.2, -0.15) is 0 Å². The molecule has 1 N–H and O–H groups in total.